The van der Waals surface area contributed by atoms with E-state index < -0.39 is 0 Å². The normalized spacial score (nSPS) is 25.5. The molecule has 0 fully saturated rings. The highest BCUT2D eigenvalue weighted by Gasteiger charge is 2.31. The van der Waals surface area contributed by atoms with Gasteiger partial charge in [0.15, 0.2) is 11.6 Å². The molecule has 1 amide bonds. The van der Waals surface area contributed by atoms with E-state index in [-0.39, 0.29) is 17.9 Å². The Morgan fingerprint density at radius 2 is 2.20 bits per heavy atom. The number of carbonyl (C=O) groups excluding carboxylic acids is 1. The molecule has 2 rings (SSSR count). The van der Waals surface area contributed by atoms with Crippen LogP contribution in [0, 0.1) is 5.92 Å². The molecule has 4 heteroatoms. The molecule has 1 aliphatic rings. The lowest BCUT2D eigenvalue weighted by molar-refractivity contribution is -0.123. The monoisotopic (exact) mass is 206 g/mol. The van der Waals surface area contributed by atoms with Gasteiger partial charge in [-0.2, -0.15) is 0 Å². The lowest BCUT2D eigenvalue weighted by Gasteiger charge is -2.17. The Balaban J connectivity index is 2.49. The van der Waals surface area contributed by atoms with Gasteiger partial charge in [0.1, 0.15) is 6.10 Å². The number of hydrogen-bond donors (Lipinski definition) is 0. The molecule has 0 radical (unpaired) electrons. The summed E-state index contributed by atoms with van der Waals surface area (Å²) in [6, 6.07) is 3.64. The van der Waals surface area contributed by atoms with Gasteiger partial charge in [0.05, 0.1) is 5.92 Å². The van der Waals surface area contributed by atoms with Gasteiger partial charge in [-0.3, -0.25) is 9.69 Å². The largest absolute Gasteiger partial charge is 0.486 e. The number of nitrogens with zero attached hydrogens (tertiary/aromatic N) is 2. The lowest BCUT2D eigenvalue weighted by atomic mass is 10.1. The summed E-state index contributed by atoms with van der Waals surface area (Å²) in [6.07, 6.45) is 1.54. The van der Waals surface area contributed by atoms with Crippen molar-refractivity contribution in [2.45, 2.75) is 20.0 Å². The van der Waals surface area contributed by atoms with Gasteiger partial charge in [0.2, 0.25) is 5.91 Å². The van der Waals surface area contributed by atoms with Crippen LogP contribution in [0.5, 0.6) is 5.75 Å². The van der Waals surface area contributed by atoms with Crippen LogP contribution in [-0.2, 0) is 4.79 Å². The van der Waals surface area contributed by atoms with Crippen LogP contribution in [0.25, 0.3) is 0 Å². The van der Waals surface area contributed by atoms with E-state index in [1.807, 2.05) is 19.9 Å². The fourth-order valence-corrected chi connectivity index (χ4v) is 1.64. The van der Waals surface area contributed by atoms with Crippen molar-refractivity contribution in [1.82, 2.24) is 4.98 Å². The van der Waals surface area contributed by atoms with E-state index >= 15 is 0 Å². The Kier molecular flexibility index (Phi) is 2.34. The summed E-state index contributed by atoms with van der Waals surface area (Å²) in [5, 5.41) is 0. The quantitative estimate of drug-likeness (QED) is 0.645. The minimum atomic E-state index is -0.149. The zero-order valence-corrected chi connectivity index (χ0v) is 9.10. The van der Waals surface area contributed by atoms with Crippen LogP contribution in [0.4, 0.5) is 5.82 Å². The number of fused-ring (bicyclic) bond motifs is 1. The molecule has 0 spiro atoms. The van der Waals surface area contributed by atoms with Crippen molar-refractivity contribution in [2.75, 3.05) is 11.9 Å². The minimum Gasteiger partial charge on any atom is -0.486 e. The summed E-state index contributed by atoms with van der Waals surface area (Å²) in [7, 11) is 1.73. The molecule has 0 aliphatic carbocycles. The fourth-order valence-electron chi connectivity index (χ4n) is 1.64. The minimum absolute atomic E-state index is 0.0416. The molecule has 15 heavy (non-hydrogen) atoms. The maximum absolute atomic E-state index is 11.9. The highest BCUT2D eigenvalue weighted by Crippen LogP contribution is 2.31. The van der Waals surface area contributed by atoms with Crippen molar-refractivity contribution in [3.63, 3.8) is 0 Å². The first kappa shape index (κ1) is 9.96. The third kappa shape index (κ3) is 1.56. The Labute approximate surface area is 88.9 Å². The third-order valence-corrected chi connectivity index (χ3v) is 2.81. The van der Waals surface area contributed by atoms with E-state index in [4.69, 9.17) is 4.74 Å². The van der Waals surface area contributed by atoms with Crippen molar-refractivity contribution < 1.29 is 9.53 Å². The van der Waals surface area contributed by atoms with Crippen molar-refractivity contribution >= 4 is 11.7 Å². The van der Waals surface area contributed by atoms with Crippen LogP contribution in [0.2, 0.25) is 0 Å². The molecule has 1 aromatic rings. The number of carbonyl (C=O) groups is 1. The molecular formula is C11H14N2O2. The predicted octanol–water partition coefficient (Wildman–Crippen LogP) is 1.46. The van der Waals surface area contributed by atoms with E-state index in [0.29, 0.717) is 11.6 Å². The summed E-state index contributed by atoms with van der Waals surface area (Å²) >= 11 is 0. The third-order valence-electron chi connectivity index (χ3n) is 2.81. The SMILES string of the molecule is CC1Oc2cccnc2N(C)C(=O)C1C. The molecule has 2 heterocycles. The molecule has 0 saturated heterocycles. The molecule has 0 bridgehead atoms. The summed E-state index contributed by atoms with van der Waals surface area (Å²) in [5.74, 6) is 1.16. The average molecular weight is 206 g/mol. The van der Waals surface area contributed by atoms with Crippen molar-refractivity contribution in [2.24, 2.45) is 5.92 Å². The van der Waals surface area contributed by atoms with E-state index in [1.165, 1.54) is 0 Å². The Morgan fingerprint density at radius 3 is 2.93 bits per heavy atom. The summed E-state index contributed by atoms with van der Waals surface area (Å²) in [4.78, 5) is 17.6. The topological polar surface area (TPSA) is 42.4 Å². The molecule has 0 aromatic carbocycles. The summed E-state index contributed by atoms with van der Waals surface area (Å²) in [6.45, 7) is 3.77. The number of hydrogen-bond acceptors (Lipinski definition) is 3. The zero-order chi connectivity index (χ0) is 11.0. The van der Waals surface area contributed by atoms with Gasteiger partial charge in [-0.15, -0.1) is 0 Å². The molecule has 0 N–H and O–H groups in total. The summed E-state index contributed by atoms with van der Waals surface area (Å²) in [5.41, 5.74) is 0. The first-order valence-corrected chi connectivity index (χ1v) is 5.00. The van der Waals surface area contributed by atoms with Crippen LogP contribution in [-0.4, -0.2) is 24.0 Å². The first-order chi connectivity index (χ1) is 7.11. The molecule has 4 nitrogen and oxygen atoms in total. The number of ether oxygens (including phenoxy) is 1. The molecule has 0 saturated carbocycles. The standard InChI is InChI=1S/C11H14N2O2/c1-7-8(2)15-9-5-4-6-12-10(9)13(3)11(7)14/h4-8H,1-3H3. The van der Waals surface area contributed by atoms with Gasteiger partial charge < -0.3 is 4.74 Å². The summed E-state index contributed by atoms with van der Waals surface area (Å²) < 4.78 is 5.68. The van der Waals surface area contributed by atoms with Gasteiger partial charge in [-0.1, -0.05) is 6.92 Å². The van der Waals surface area contributed by atoms with Crippen molar-refractivity contribution in [3.05, 3.63) is 18.3 Å². The van der Waals surface area contributed by atoms with Crippen molar-refractivity contribution in [3.8, 4) is 5.75 Å². The number of amides is 1. The fraction of sp³-hybridized carbons (Fsp3) is 0.455. The molecule has 1 aliphatic heterocycles. The smallest absolute Gasteiger partial charge is 0.234 e. The molecule has 2 atom stereocenters. The van der Waals surface area contributed by atoms with E-state index in [2.05, 4.69) is 4.98 Å². The highest BCUT2D eigenvalue weighted by molar-refractivity contribution is 5.95. The van der Waals surface area contributed by atoms with Crippen molar-refractivity contribution in [1.29, 1.82) is 0 Å². The van der Waals surface area contributed by atoms with Crippen LogP contribution in [0.15, 0.2) is 18.3 Å². The number of rotatable bonds is 0. The number of aromatic nitrogens is 1. The van der Waals surface area contributed by atoms with Crippen LogP contribution >= 0.6 is 0 Å². The Morgan fingerprint density at radius 1 is 1.47 bits per heavy atom. The molecule has 1 aromatic heterocycles. The highest BCUT2D eigenvalue weighted by atomic mass is 16.5. The lowest BCUT2D eigenvalue weighted by Crippen LogP contribution is -2.35. The number of pyridine rings is 1. The van der Waals surface area contributed by atoms with Crippen LogP contribution < -0.4 is 9.64 Å². The Bertz CT molecular complexity index is 392. The number of anilines is 1. The first-order valence-electron chi connectivity index (χ1n) is 5.00. The van der Waals surface area contributed by atoms with Gasteiger partial charge >= 0.3 is 0 Å². The maximum atomic E-state index is 11.9. The second-order valence-corrected chi connectivity index (χ2v) is 3.83. The van der Waals surface area contributed by atoms with Crippen LogP contribution in [0.3, 0.4) is 0 Å². The van der Waals surface area contributed by atoms with Gasteiger partial charge in [0.25, 0.3) is 0 Å². The Hall–Kier alpha value is -1.58. The molecular weight excluding hydrogens is 192 g/mol. The second-order valence-electron chi connectivity index (χ2n) is 3.83. The van der Waals surface area contributed by atoms with E-state index in [1.54, 1.807) is 24.2 Å². The van der Waals surface area contributed by atoms with Crippen LogP contribution in [0.1, 0.15) is 13.8 Å². The van der Waals surface area contributed by atoms with Gasteiger partial charge in [0, 0.05) is 13.2 Å². The second kappa shape index (κ2) is 3.53. The molecule has 2 unspecified atom stereocenters. The maximum Gasteiger partial charge on any atom is 0.234 e. The van der Waals surface area contributed by atoms with Gasteiger partial charge in [-0.25, -0.2) is 4.98 Å². The molecule has 80 valence electrons. The average Bonchev–Trinajstić information content (AvgIpc) is 2.32. The predicted molar refractivity (Wildman–Crippen MR) is 56.9 cm³/mol. The van der Waals surface area contributed by atoms with E-state index in [0.717, 1.165) is 0 Å². The van der Waals surface area contributed by atoms with Gasteiger partial charge in [-0.05, 0) is 19.1 Å². The zero-order valence-electron chi connectivity index (χ0n) is 9.10. The van der Waals surface area contributed by atoms with E-state index in [9.17, 15) is 4.79 Å².